The molecule has 0 unspecified atom stereocenters. The fourth-order valence-electron chi connectivity index (χ4n) is 3.63. The van der Waals surface area contributed by atoms with Gasteiger partial charge in [0.15, 0.2) is 0 Å². The fraction of sp³-hybridized carbons (Fsp3) is 0.632. The number of ether oxygens (including phenoxy) is 1. The molecule has 0 amide bonds. The third-order valence-electron chi connectivity index (χ3n) is 4.70. The first-order valence-corrected chi connectivity index (χ1v) is 8.61. The Bertz CT molecular complexity index is 510. The molecule has 1 aliphatic rings. The number of benzene rings is 1. The highest BCUT2D eigenvalue weighted by atomic mass is 16.5. The largest absolute Gasteiger partial charge is 0.492 e. The molecule has 4 nitrogen and oxygen atoms in total. The van der Waals surface area contributed by atoms with Crippen molar-refractivity contribution in [1.82, 2.24) is 5.32 Å². The highest BCUT2D eigenvalue weighted by molar-refractivity contribution is 5.67. The van der Waals surface area contributed by atoms with Gasteiger partial charge in [0.25, 0.3) is 0 Å². The van der Waals surface area contributed by atoms with Crippen LogP contribution in [0.1, 0.15) is 48.8 Å². The Morgan fingerprint density at radius 1 is 1.17 bits per heavy atom. The molecule has 2 rings (SSSR count). The minimum atomic E-state index is -0.668. The molecule has 0 aromatic heterocycles. The average molecular weight is 319 g/mol. The number of hydrogen-bond acceptors (Lipinski definition) is 3. The number of rotatable bonds is 7. The summed E-state index contributed by atoms with van der Waals surface area (Å²) in [6.07, 6.45) is 4.49. The molecule has 1 aliphatic carbocycles. The lowest BCUT2D eigenvalue weighted by Gasteiger charge is -2.28. The molecule has 23 heavy (non-hydrogen) atoms. The number of nitrogens with one attached hydrogen (secondary N) is 1. The molecule has 128 valence electrons. The first kappa shape index (κ1) is 17.8. The molecule has 0 spiro atoms. The molecule has 4 heteroatoms. The lowest BCUT2D eigenvalue weighted by molar-refractivity contribution is -0.138. The summed E-state index contributed by atoms with van der Waals surface area (Å²) < 4.78 is 5.95. The second-order valence-electron chi connectivity index (χ2n) is 6.85. The van der Waals surface area contributed by atoms with E-state index in [4.69, 9.17) is 9.84 Å². The van der Waals surface area contributed by atoms with Crippen LogP contribution in [0.3, 0.4) is 0 Å². The van der Waals surface area contributed by atoms with Crippen LogP contribution >= 0.6 is 0 Å². The lowest BCUT2D eigenvalue weighted by Crippen LogP contribution is -2.36. The van der Waals surface area contributed by atoms with E-state index >= 15 is 0 Å². The zero-order chi connectivity index (χ0) is 16.8. The van der Waals surface area contributed by atoms with Crippen molar-refractivity contribution >= 4 is 5.97 Å². The van der Waals surface area contributed by atoms with Gasteiger partial charge in [-0.3, -0.25) is 4.79 Å². The molecule has 0 saturated heterocycles. The van der Waals surface area contributed by atoms with Crippen LogP contribution in [0, 0.1) is 26.7 Å². The number of aryl methyl sites for hydroxylation is 3. The first-order chi connectivity index (χ1) is 11.0. The van der Waals surface area contributed by atoms with Crippen LogP contribution in [0.4, 0.5) is 0 Å². The maximum Gasteiger partial charge on any atom is 0.303 e. The third kappa shape index (κ3) is 5.54. The quantitative estimate of drug-likeness (QED) is 0.754. The van der Waals surface area contributed by atoms with Crippen molar-refractivity contribution < 1.29 is 14.6 Å². The molecule has 1 aromatic carbocycles. The number of hydrogen-bond donors (Lipinski definition) is 2. The molecule has 2 N–H and O–H groups in total. The summed E-state index contributed by atoms with van der Waals surface area (Å²) >= 11 is 0. The molecule has 0 heterocycles. The van der Waals surface area contributed by atoms with Gasteiger partial charge in [-0.1, -0.05) is 17.7 Å². The number of carboxylic acids is 1. The van der Waals surface area contributed by atoms with Crippen LogP contribution in [0.15, 0.2) is 12.1 Å². The van der Waals surface area contributed by atoms with E-state index in [0.717, 1.165) is 38.0 Å². The standard InChI is InChI=1S/C19H29NO3/c1-13-10-14(2)19(15(3)11-13)23-9-8-20-17-6-4-16(5-7-17)12-18(21)22/h10-11,16-17,20H,4-9,12H2,1-3H3,(H,21,22). The Morgan fingerprint density at radius 3 is 2.35 bits per heavy atom. The predicted octanol–water partition coefficient (Wildman–Crippen LogP) is 3.61. The molecule has 0 atom stereocenters. The lowest BCUT2D eigenvalue weighted by atomic mass is 9.84. The summed E-state index contributed by atoms with van der Waals surface area (Å²) in [5.41, 5.74) is 3.65. The molecular weight excluding hydrogens is 290 g/mol. The van der Waals surface area contributed by atoms with Crippen LogP contribution < -0.4 is 10.1 Å². The SMILES string of the molecule is Cc1cc(C)c(OCCNC2CCC(CC(=O)O)CC2)c(C)c1. The maximum absolute atomic E-state index is 10.7. The van der Waals surface area contributed by atoms with Crippen LogP contribution in [0.2, 0.25) is 0 Å². The second-order valence-corrected chi connectivity index (χ2v) is 6.85. The summed E-state index contributed by atoms with van der Waals surface area (Å²) in [4.78, 5) is 10.7. The van der Waals surface area contributed by atoms with E-state index in [2.05, 4.69) is 38.2 Å². The summed E-state index contributed by atoms with van der Waals surface area (Å²) in [5, 5.41) is 12.4. The number of carboxylic acid groups (broad SMARTS) is 1. The number of carbonyl (C=O) groups is 1. The van der Waals surface area contributed by atoms with Gasteiger partial charge in [0, 0.05) is 19.0 Å². The monoisotopic (exact) mass is 319 g/mol. The van der Waals surface area contributed by atoms with E-state index < -0.39 is 5.97 Å². The van der Waals surface area contributed by atoms with Crippen molar-refractivity contribution in [1.29, 1.82) is 0 Å². The predicted molar refractivity (Wildman–Crippen MR) is 92.1 cm³/mol. The second kappa shape index (κ2) is 8.34. The first-order valence-electron chi connectivity index (χ1n) is 8.61. The van der Waals surface area contributed by atoms with Crippen LogP contribution in [0.25, 0.3) is 0 Å². The van der Waals surface area contributed by atoms with E-state index in [9.17, 15) is 4.79 Å². The van der Waals surface area contributed by atoms with Crippen molar-refractivity contribution in [3.05, 3.63) is 28.8 Å². The average Bonchev–Trinajstić information content (AvgIpc) is 2.46. The highest BCUT2D eigenvalue weighted by Gasteiger charge is 2.22. The third-order valence-corrected chi connectivity index (χ3v) is 4.70. The Labute approximate surface area is 139 Å². The van der Waals surface area contributed by atoms with Gasteiger partial charge in [0.2, 0.25) is 0 Å². The Morgan fingerprint density at radius 2 is 1.78 bits per heavy atom. The van der Waals surface area contributed by atoms with Gasteiger partial charge in [-0.15, -0.1) is 0 Å². The summed E-state index contributed by atoms with van der Waals surface area (Å²) in [5.74, 6) is 0.695. The minimum absolute atomic E-state index is 0.321. The topological polar surface area (TPSA) is 58.6 Å². The summed E-state index contributed by atoms with van der Waals surface area (Å²) in [6.45, 7) is 7.78. The molecule has 1 aromatic rings. The van der Waals surface area contributed by atoms with Gasteiger partial charge < -0.3 is 15.2 Å². The van der Waals surface area contributed by atoms with E-state index in [1.54, 1.807) is 0 Å². The van der Waals surface area contributed by atoms with Gasteiger partial charge in [-0.05, 0) is 63.5 Å². The molecule has 0 radical (unpaired) electrons. The van der Waals surface area contributed by atoms with Crippen molar-refractivity contribution in [2.45, 2.75) is 58.9 Å². The van der Waals surface area contributed by atoms with Crippen molar-refractivity contribution in [2.75, 3.05) is 13.2 Å². The van der Waals surface area contributed by atoms with E-state index in [1.807, 2.05) is 0 Å². The van der Waals surface area contributed by atoms with Gasteiger partial charge in [0.05, 0.1) is 0 Å². The smallest absolute Gasteiger partial charge is 0.303 e. The molecular formula is C19H29NO3. The summed E-state index contributed by atoms with van der Waals surface area (Å²) in [6, 6.07) is 4.81. The maximum atomic E-state index is 10.7. The highest BCUT2D eigenvalue weighted by Crippen LogP contribution is 2.27. The minimum Gasteiger partial charge on any atom is -0.492 e. The van der Waals surface area contributed by atoms with Crippen LogP contribution in [-0.4, -0.2) is 30.3 Å². The molecule has 1 saturated carbocycles. The van der Waals surface area contributed by atoms with Crippen LogP contribution in [-0.2, 0) is 4.79 Å². The molecule has 0 bridgehead atoms. The fourth-order valence-corrected chi connectivity index (χ4v) is 3.63. The van der Waals surface area contributed by atoms with E-state index in [1.165, 1.54) is 16.7 Å². The van der Waals surface area contributed by atoms with Crippen molar-refractivity contribution in [3.8, 4) is 5.75 Å². The normalized spacial score (nSPS) is 21.2. The zero-order valence-corrected chi connectivity index (χ0v) is 14.5. The molecule has 0 aliphatic heterocycles. The number of aliphatic carboxylic acids is 1. The van der Waals surface area contributed by atoms with Gasteiger partial charge in [-0.25, -0.2) is 0 Å². The van der Waals surface area contributed by atoms with E-state index in [-0.39, 0.29) is 0 Å². The molecule has 1 fully saturated rings. The van der Waals surface area contributed by atoms with Gasteiger partial charge in [-0.2, -0.15) is 0 Å². The Hall–Kier alpha value is -1.55. The Kier molecular flexibility index (Phi) is 6.46. The van der Waals surface area contributed by atoms with E-state index in [0.29, 0.717) is 25.0 Å². The van der Waals surface area contributed by atoms with Crippen molar-refractivity contribution in [2.24, 2.45) is 5.92 Å². The van der Waals surface area contributed by atoms with Crippen molar-refractivity contribution in [3.63, 3.8) is 0 Å². The summed E-state index contributed by atoms with van der Waals surface area (Å²) in [7, 11) is 0. The van der Waals surface area contributed by atoms with Gasteiger partial charge in [0.1, 0.15) is 12.4 Å². The van der Waals surface area contributed by atoms with Gasteiger partial charge >= 0.3 is 5.97 Å². The Balaban J connectivity index is 1.68. The van der Waals surface area contributed by atoms with Crippen LogP contribution in [0.5, 0.6) is 5.75 Å². The zero-order valence-electron chi connectivity index (χ0n) is 14.5.